The summed E-state index contributed by atoms with van der Waals surface area (Å²) >= 11 is 9.00. The van der Waals surface area contributed by atoms with Gasteiger partial charge in [-0.15, -0.1) is 0 Å². The number of nitro groups is 1. The molecule has 0 fully saturated rings. The third kappa shape index (κ3) is 3.65. The molecule has 1 N–H and O–H groups in total. The van der Waals surface area contributed by atoms with Crippen molar-refractivity contribution in [2.45, 2.75) is 6.54 Å². The highest BCUT2D eigenvalue weighted by Gasteiger charge is 2.08. The molecule has 1 aromatic heterocycles. The lowest BCUT2D eigenvalue weighted by molar-refractivity contribution is -0.384. The van der Waals surface area contributed by atoms with Crippen molar-refractivity contribution in [2.24, 2.45) is 0 Å². The smallest absolute Gasteiger partial charge is 0.270 e. The van der Waals surface area contributed by atoms with Crippen molar-refractivity contribution in [3.05, 3.63) is 61.8 Å². The number of halogens is 2. The monoisotopic (exact) mass is 341 g/mol. The number of aromatic nitrogens is 1. The number of hydrogen-bond donors (Lipinski definition) is 1. The van der Waals surface area contributed by atoms with E-state index in [4.69, 9.17) is 11.6 Å². The standard InChI is InChI=1S/C12H9BrClN3O2/c13-10-5-9(17(18)19)2-3-11(10)15-6-8-1-4-12(14)16-7-8/h1-5,7,15H,6H2. The number of benzene rings is 1. The van der Waals surface area contributed by atoms with Crippen molar-refractivity contribution in [1.82, 2.24) is 4.98 Å². The van der Waals surface area contributed by atoms with Crippen LogP contribution in [0.4, 0.5) is 11.4 Å². The Balaban J connectivity index is 2.07. The highest BCUT2D eigenvalue weighted by atomic mass is 79.9. The summed E-state index contributed by atoms with van der Waals surface area (Å²) in [5.74, 6) is 0. The third-order valence-electron chi connectivity index (χ3n) is 2.44. The van der Waals surface area contributed by atoms with Crippen molar-refractivity contribution in [1.29, 1.82) is 0 Å². The Hall–Kier alpha value is -1.66. The van der Waals surface area contributed by atoms with Crippen molar-refractivity contribution in [2.75, 3.05) is 5.32 Å². The van der Waals surface area contributed by atoms with Gasteiger partial charge in [-0.1, -0.05) is 17.7 Å². The van der Waals surface area contributed by atoms with Gasteiger partial charge in [0.05, 0.1) is 4.92 Å². The van der Waals surface area contributed by atoms with Crippen LogP contribution in [0.15, 0.2) is 41.0 Å². The van der Waals surface area contributed by atoms with E-state index in [0.717, 1.165) is 11.3 Å². The number of nitrogens with zero attached hydrogens (tertiary/aromatic N) is 2. The fraction of sp³-hybridized carbons (Fsp3) is 0.0833. The van der Waals surface area contributed by atoms with E-state index in [1.807, 2.05) is 6.07 Å². The zero-order valence-electron chi connectivity index (χ0n) is 9.64. The molecule has 0 bridgehead atoms. The second-order valence-corrected chi connectivity index (χ2v) is 5.01. The second kappa shape index (κ2) is 5.99. The molecule has 0 atom stereocenters. The summed E-state index contributed by atoms with van der Waals surface area (Å²) < 4.78 is 0.642. The molecule has 7 heteroatoms. The number of anilines is 1. The van der Waals surface area contributed by atoms with Crippen LogP contribution in [0.25, 0.3) is 0 Å². The number of pyridine rings is 1. The summed E-state index contributed by atoms with van der Waals surface area (Å²) in [7, 11) is 0. The van der Waals surface area contributed by atoms with Gasteiger partial charge < -0.3 is 5.32 Å². The molecule has 0 saturated carbocycles. The Morgan fingerprint density at radius 2 is 2.16 bits per heavy atom. The first-order valence-electron chi connectivity index (χ1n) is 5.34. The second-order valence-electron chi connectivity index (χ2n) is 3.76. The molecule has 2 aromatic rings. The molecule has 98 valence electrons. The Bertz CT molecular complexity index is 604. The topological polar surface area (TPSA) is 68.1 Å². The summed E-state index contributed by atoms with van der Waals surface area (Å²) in [4.78, 5) is 14.2. The van der Waals surface area contributed by atoms with Gasteiger partial charge in [0.15, 0.2) is 0 Å². The highest BCUT2D eigenvalue weighted by Crippen LogP contribution is 2.27. The third-order valence-corrected chi connectivity index (χ3v) is 3.31. The molecule has 0 aliphatic rings. The molecular weight excluding hydrogens is 334 g/mol. The Labute approximate surface area is 122 Å². The maximum atomic E-state index is 10.6. The van der Waals surface area contributed by atoms with Gasteiger partial charge in [0, 0.05) is 35.0 Å². The van der Waals surface area contributed by atoms with Gasteiger partial charge in [0.2, 0.25) is 0 Å². The quantitative estimate of drug-likeness (QED) is 0.518. The molecule has 1 heterocycles. The number of nitro benzene ring substituents is 1. The Morgan fingerprint density at radius 3 is 2.74 bits per heavy atom. The van der Waals surface area contributed by atoms with Crippen LogP contribution in [-0.4, -0.2) is 9.91 Å². The molecule has 0 radical (unpaired) electrons. The summed E-state index contributed by atoms with van der Waals surface area (Å²) in [5, 5.41) is 14.2. The lowest BCUT2D eigenvalue weighted by Gasteiger charge is -2.08. The molecule has 0 aliphatic heterocycles. The van der Waals surface area contributed by atoms with Crippen LogP contribution in [0.3, 0.4) is 0 Å². The maximum absolute atomic E-state index is 10.6. The van der Waals surface area contributed by atoms with Crippen LogP contribution in [0.1, 0.15) is 5.56 Å². The van der Waals surface area contributed by atoms with Crippen LogP contribution < -0.4 is 5.32 Å². The lowest BCUT2D eigenvalue weighted by Crippen LogP contribution is -2.01. The molecule has 19 heavy (non-hydrogen) atoms. The van der Waals surface area contributed by atoms with E-state index in [-0.39, 0.29) is 5.69 Å². The van der Waals surface area contributed by atoms with Crippen molar-refractivity contribution in [3.63, 3.8) is 0 Å². The molecule has 0 unspecified atom stereocenters. The van der Waals surface area contributed by atoms with Gasteiger partial charge in [-0.3, -0.25) is 10.1 Å². The Morgan fingerprint density at radius 1 is 1.37 bits per heavy atom. The summed E-state index contributed by atoms with van der Waals surface area (Å²) in [6, 6.07) is 8.15. The minimum Gasteiger partial charge on any atom is -0.380 e. The van der Waals surface area contributed by atoms with Gasteiger partial charge in [0.1, 0.15) is 5.15 Å². The first-order valence-corrected chi connectivity index (χ1v) is 6.51. The number of nitrogens with one attached hydrogen (secondary N) is 1. The van der Waals surface area contributed by atoms with Crippen LogP contribution in [0, 0.1) is 10.1 Å². The largest absolute Gasteiger partial charge is 0.380 e. The van der Waals surface area contributed by atoms with Gasteiger partial charge in [-0.25, -0.2) is 4.98 Å². The molecule has 0 amide bonds. The molecule has 5 nitrogen and oxygen atoms in total. The van der Waals surface area contributed by atoms with E-state index < -0.39 is 4.92 Å². The van der Waals surface area contributed by atoms with Crippen molar-refractivity contribution in [3.8, 4) is 0 Å². The zero-order valence-corrected chi connectivity index (χ0v) is 12.0. The fourth-order valence-corrected chi connectivity index (χ4v) is 2.09. The summed E-state index contributed by atoms with van der Waals surface area (Å²) in [6.07, 6.45) is 1.68. The predicted molar refractivity (Wildman–Crippen MR) is 77.4 cm³/mol. The minimum atomic E-state index is -0.433. The van der Waals surface area contributed by atoms with E-state index in [1.54, 1.807) is 18.3 Å². The van der Waals surface area contributed by atoms with E-state index in [0.29, 0.717) is 16.2 Å². The molecular formula is C12H9BrClN3O2. The van der Waals surface area contributed by atoms with Gasteiger partial charge in [-0.2, -0.15) is 0 Å². The molecule has 2 rings (SSSR count). The maximum Gasteiger partial charge on any atom is 0.270 e. The molecule has 0 spiro atoms. The van der Waals surface area contributed by atoms with Gasteiger partial charge in [0.25, 0.3) is 5.69 Å². The number of rotatable bonds is 4. The van der Waals surface area contributed by atoms with Gasteiger partial charge in [-0.05, 0) is 33.6 Å². The summed E-state index contributed by atoms with van der Waals surface area (Å²) in [6.45, 7) is 0.556. The van der Waals surface area contributed by atoms with Crippen molar-refractivity contribution < 1.29 is 4.92 Å². The first-order chi connectivity index (χ1) is 9.06. The zero-order chi connectivity index (χ0) is 13.8. The SMILES string of the molecule is O=[N+]([O-])c1ccc(NCc2ccc(Cl)nc2)c(Br)c1. The van der Waals surface area contributed by atoms with Gasteiger partial charge >= 0.3 is 0 Å². The first kappa shape index (κ1) is 13.8. The normalized spacial score (nSPS) is 10.2. The van der Waals surface area contributed by atoms with Crippen LogP contribution >= 0.6 is 27.5 Å². The summed E-state index contributed by atoms with van der Waals surface area (Å²) in [5.41, 5.74) is 1.79. The Kier molecular flexibility index (Phi) is 4.34. The van der Waals surface area contributed by atoms with E-state index in [2.05, 4.69) is 26.2 Å². The lowest BCUT2D eigenvalue weighted by atomic mass is 10.2. The average Bonchev–Trinajstić information content (AvgIpc) is 2.39. The number of non-ortho nitro benzene ring substituents is 1. The predicted octanol–water partition coefficient (Wildman–Crippen LogP) is 4.02. The van der Waals surface area contributed by atoms with Crippen LogP contribution in [0.5, 0.6) is 0 Å². The van der Waals surface area contributed by atoms with E-state index in [9.17, 15) is 10.1 Å². The fourth-order valence-electron chi connectivity index (χ4n) is 1.47. The molecule has 0 aliphatic carbocycles. The van der Waals surface area contributed by atoms with Crippen molar-refractivity contribution >= 4 is 38.9 Å². The average molecular weight is 343 g/mol. The number of hydrogen-bond acceptors (Lipinski definition) is 4. The van der Waals surface area contributed by atoms with Crippen LogP contribution in [0.2, 0.25) is 5.15 Å². The minimum absolute atomic E-state index is 0.0468. The molecule has 1 aromatic carbocycles. The van der Waals surface area contributed by atoms with Crippen LogP contribution in [-0.2, 0) is 6.54 Å². The highest BCUT2D eigenvalue weighted by molar-refractivity contribution is 9.10. The van der Waals surface area contributed by atoms with E-state index >= 15 is 0 Å². The van der Waals surface area contributed by atoms with E-state index in [1.165, 1.54) is 12.1 Å². The molecule has 0 saturated heterocycles.